The van der Waals surface area contributed by atoms with Gasteiger partial charge in [0.25, 0.3) is 5.69 Å². The standard InChI is InChI=1S/C15H22N2O2/c1-12(16-11-13-5-3-2-4-6-13)14-7-9-15(10-8-14)17(18)19/h7-10,12-13,16H,2-6,11H2,1H3. The Morgan fingerprint density at radius 2 is 1.89 bits per heavy atom. The first kappa shape index (κ1) is 14.0. The molecule has 0 saturated heterocycles. The molecule has 0 bridgehead atoms. The minimum Gasteiger partial charge on any atom is -0.310 e. The Morgan fingerprint density at radius 1 is 1.26 bits per heavy atom. The van der Waals surface area contributed by atoms with Crippen LogP contribution < -0.4 is 5.32 Å². The molecule has 1 aliphatic carbocycles. The maximum atomic E-state index is 10.6. The van der Waals surface area contributed by atoms with Crippen LogP contribution in [0.2, 0.25) is 0 Å². The molecule has 0 spiro atoms. The summed E-state index contributed by atoms with van der Waals surface area (Å²) in [5.41, 5.74) is 1.27. The van der Waals surface area contributed by atoms with Gasteiger partial charge in [0.2, 0.25) is 0 Å². The van der Waals surface area contributed by atoms with E-state index in [1.165, 1.54) is 32.1 Å². The lowest BCUT2D eigenvalue weighted by molar-refractivity contribution is -0.384. The van der Waals surface area contributed by atoms with Crippen LogP contribution in [-0.2, 0) is 0 Å². The molecule has 1 unspecified atom stereocenters. The molecule has 0 heterocycles. The largest absolute Gasteiger partial charge is 0.310 e. The van der Waals surface area contributed by atoms with Crippen LogP contribution in [0.5, 0.6) is 0 Å². The Labute approximate surface area is 114 Å². The molecule has 4 nitrogen and oxygen atoms in total. The second kappa shape index (κ2) is 6.66. The Balaban J connectivity index is 1.84. The number of nitrogens with one attached hydrogen (secondary N) is 1. The van der Waals surface area contributed by atoms with E-state index in [-0.39, 0.29) is 16.7 Å². The zero-order valence-electron chi connectivity index (χ0n) is 11.5. The van der Waals surface area contributed by atoms with E-state index in [9.17, 15) is 10.1 Å². The van der Waals surface area contributed by atoms with Crippen molar-refractivity contribution in [1.29, 1.82) is 0 Å². The molecule has 0 amide bonds. The van der Waals surface area contributed by atoms with Crippen molar-refractivity contribution < 1.29 is 4.92 Å². The van der Waals surface area contributed by atoms with E-state index in [0.717, 1.165) is 18.0 Å². The highest BCUT2D eigenvalue weighted by Gasteiger charge is 2.15. The van der Waals surface area contributed by atoms with Crippen molar-refractivity contribution in [2.45, 2.75) is 45.1 Å². The molecular formula is C15H22N2O2. The van der Waals surface area contributed by atoms with Gasteiger partial charge in [-0.2, -0.15) is 0 Å². The van der Waals surface area contributed by atoms with Crippen LogP contribution in [0.3, 0.4) is 0 Å². The van der Waals surface area contributed by atoms with E-state index in [1.807, 2.05) is 12.1 Å². The van der Waals surface area contributed by atoms with Gasteiger partial charge >= 0.3 is 0 Å². The van der Waals surface area contributed by atoms with Crippen molar-refractivity contribution in [3.63, 3.8) is 0 Å². The fourth-order valence-corrected chi connectivity index (χ4v) is 2.74. The topological polar surface area (TPSA) is 55.2 Å². The molecule has 4 heteroatoms. The van der Waals surface area contributed by atoms with Gasteiger partial charge in [0.1, 0.15) is 0 Å². The van der Waals surface area contributed by atoms with E-state index >= 15 is 0 Å². The first-order chi connectivity index (χ1) is 9.16. The van der Waals surface area contributed by atoms with Crippen molar-refractivity contribution in [1.82, 2.24) is 5.32 Å². The summed E-state index contributed by atoms with van der Waals surface area (Å²) in [6, 6.07) is 7.10. The Bertz CT molecular complexity index is 411. The zero-order chi connectivity index (χ0) is 13.7. The minimum atomic E-state index is -0.357. The number of benzene rings is 1. The average Bonchev–Trinajstić information content (AvgIpc) is 2.46. The van der Waals surface area contributed by atoms with E-state index in [2.05, 4.69) is 12.2 Å². The summed E-state index contributed by atoms with van der Waals surface area (Å²) in [4.78, 5) is 10.2. The first-order valence-corrected chi connectivity index (χ1v) is 7.14. The van der Waals surface area contributed by atoms with Crippen molar-refractivity contribution in [3.05, 3.63) is 39.9 Å². The van der Waals surface area contributed by atoms with E-state index in [4.69, 9.17) is 0 Å². The summed E-state index contributed by atoms with van der Waals surface area (Å²) in [6.45, 7) is 3.17. The van der Waals surface area contributed by atoms with Gasteiger partial charge in [0, 0.05) is 18.2 Å². The summed E-state index contributed by atoms with van der Waals surface area (Å²) < 4.78 is 0. The Kier molecular flexibility index (Phi) is 4.91. The monoisotopic (exact) mass is 262 g/mol. The molecule has 1 aliphatic rings. The fraction of sp³-hybridized carbons (Fsp3) is 0.600. The fourth-order valence-electron chi connectivity index (χ4n) is 2.74. The highest BCUT2D eigenvalue weighted by Crippen LogP contribution is 2.24. The zero-order valence-corrected chi connectivity index (χ0v) is 11.5. The number of hydrogen-bond donors (Lipinski definition) is 1. The average molecular weight is 262 g/mol. The number of non-ortho nitro benzene ring substituents is 1. The normalized spacial score (nSPS) is 18.2. The molecule has 2 rings (SSSR count). The van der Waals surface area contributed by atoms with E-state index in [1.54, 1.807) is 12.1 Å². The maximum absolute atomic E-state index is 10.6. The SMILES string of the molecule is CC(NCC1CCCCC1)c1ccc([N+](=O)[O-])cc1. The van der Waals surface area contributed by atoms with Crippen LogP contribution in [0.25, 0.3) is 0 Å². The predicted molar refractivity (Wildman–Crippen MR) is 76.1 cm³/mol. The van der Waals surface area contributed by atoms with Crippen LogP contribution in [-0.4, -0.2) is 11.5 Å². The van der Waals surface area contributed by atoms with Crippen LogP contribution in [0.15, 0.2) is 24.3 Å². The van der Waals surface area contributed by atoms with Gasteiger partial charge in [-0.25, -0.2) is 0 Å². The van der Waals surface area contributed by atoms with Crippen molar-refractivity contribution in [2.24, 2.45) is 5.92 Å². The Hall–Kier alpha value is -1.42. The summed E-state index contributed by atoms with van der Waals surface area (Å²) in [7, 11) is 0. The van der Waals surface area contributed by atoms with Gasteiger partial charge in [-0.3, -0.25) is 10.1 Å². The van der Waals surface area contributed by atoms with Gasteiger partial charge in [-0.05, 0) is 37.8 Å². The summed E-state index contributed by atoms with van der Waals surface area (Å²) >= 11 is 0. The molecule has 1 fully saturated rings. The number of hydrogen-bond acceptors (Lipinski definition) is 3. The number of nitro benzene ring substituents is 1. The lowest BCUT2D eigenvalue weighted by atomic mass is 9.89. The number of nitro groups is 1. The first-order valence-electron chi connectivity index (χ1n) is 7.14. The highest BCUT2D eigenvalue weighted by molar-refractivity contribution is 5.33. The molecule has 1 aromatic rings. The van der Waals surface area contributed by atoms with Crippen molar-refractivity contribution in [3.8, 4) is 0 Å². The van der Waals surface area contributed by atoms with Gasteiger partial charge in [0.05, 0.1) is 4.92 Å². The molecule has 0 radical (unpaired) electrons. The molecule has 1 atom stereocenters. The molecular weight excluding hydrogens is 240 g/mol. The summed E-state index contributed by atoms with van der Waals surface area (Å²) in [5.74, 6) is 0.800. The van der Waals surface area contributed by atoms with Gasteiger partial charge in [0.15, 0.2) is 0 Å². The second-order valence-electron chi connectivity index (χ2n) is 5.48. The summed E-state index contributed by atoms with van der Waals surface area (Å²) in [6.07, 6.45) is 6.77. The molecule has 1 saturated carbocycles. The van der Waals surface area contributed by atoms with Gasteiger partial charge in [-0.15, -0.1) is 0 Å². The third-order valence-electron chi connectivity index (χ3n) is 4.04. The third kappa shape index (κ3) is 4.03. The molecule has 0 aromatic heterocycles. The maximum Gasteiger partial charge on any atom is 0.269 e. The molecule has 104 valence electrons. The number of rotatable bonds is 5. The van der Waals surface area contributed by atoms with E-state index in [0.29, 0.717) is 0 Å². The third-order valence-corrected chi connectivity index (χ3v) is 4.04. The molecule has 1 N–H and O–H groups in total. The highest BCUT2D eigenvalue weighted by atomic mass is 16.6. The summed E-state index contributed by atoms with van der Waals surface area (Å²) in [5, 5.41) is 14.2. The van der Waals surface area contributed by atoms with Crippen LogP contribution in [0.4, 0.5) is 5.69 Å². The van der Waals surface area contributed by atoms with Crippen molar-refractivity contribution >= 4 is 5.69 Å². The van der Waals surface area contributed by atoms with Crippen LogP contribution in [0, 0.1) is 16.0 Å². The van der Waals surface area contributed by atoms with Crippen LogP contribution >= 0.6 is 0 Å². The second-order valence-corrected chi connectivity index (χ2v) is 5.48. The quantitative estimate of drug-likeness (QED) is 0.648. The van der Waals surface area contributed by atoms with E-state index < -0.39 is 0 Å². The molecule has 19 heavy (non-hydrogen) atoms. The Morgan fingerprint density at radius 3 is 2.47 bits per heavy atom. The minimum absolute atomic E-state index is 0.156. The number of nitrogens with zero attached hydrogens (tertiary/aromatic N) is 1. The molecule has 1 aromatic carbocycles. The lowest BCUT2D eigenvalue weighted by Gasteiger charge is -2.24. The van der Waals surface area contributed by atoms with Gasteiger partial charge in [-0.1, -0.05) is 31.4 Å². The predicted octanol–water partition coefficient (Wildman–Crippen LogP) is 3.83. The smallest absolute Gasteiger partial charge is 0.269 e. The van der Waals surface area contributed by atoms with Crippen molar-refractivity contribution in [2.75, 3.05) is 6.54 Å². The van der Waals surface area contributed by atoms with Crippen LogP contribution in [0.1, 0.15) is 50.6 Å². The molecule has 0 aliphatic heterocycles. The van der Waals surface area contributed by atoms with Gasteiger partial charge < -0.3 is 5.32 Å². The lowest BCUT2D eigenvalue weighted by Crippen LogP contribution is -2.27.